The van der Waals surface area contributed by atoms with E-state index in [9.17, 15) is 4.79 Å². The second kappa shape index (κ2) is 5.48. The van der Waals surface area contributed by atoms with Crippen molar-refractivity contribution in [1.82, 2.24) is 4.90 Å². The maximum absolute atomic E-state index is 11.6. The summed E-state index contributed by atoms with van der Waals surface area (Å²) in [5.74, 6) is -0.0676. The van der Waals surface area contributed by atoms with Gasteiger partial charge in [-0.05, 0) is 33.2 Å². The molecule has 1 fully saturated rings. The number of likely N-dealkylation sites (tertiary alicyclic amines) is 1. The van der Waals surface area contributed by atoms with E-state index in [0.717, 1.165) is 32.4 Å². The number of piperidine rings is 1. The van der Waals surface area contributed by atoms with Crippen LogP contribution in [0.4, 0.5) is 0 Å². The van der Waals surface area contributed by atoms with E-state index in [1.807, 2.05) is 6.92 Å². The van der Waals surface area contributed by atoms with Crippen molar-refractivity contribution < 1.29 is 9.53 Å². The Bertz CT molecular complexity index is 223. The van der Waals surface area contributed by atoms with Gasteiger partial charge in [0.1, 0.15) is 9.53 Å². The minimum Gasteiger partial charge on any atom is -0.458 e. The van der Waals surface area contributed by atoms with Crippen molar-refractivity contribution in [2.75, 3.05) is 20.1 Å². The highest BCUT2D eigenvalue weighted by molar-refractivity contribution is 14.1. The number of ether oxygens (including phenoxy) is 1. The molecule has 1 aliphatic heterocycles. The number of esters is 1. The molecule has 1 saturated heterocycles. The zero-order valence-electron chi connectivity index (χ0n) is 9.75. The lowest BCUT2D eigenvalue weighted by molar-refractivity contribution is -0.163. The van der Waals surface area contributed by atoms with Crippen molar-refractivity contribution in [3.8, 4) is 0 Å². The molecule has 1 aliphatic rings. The normalized spacial score (nSPS) is 23.5. The van der Waals surface area contributed by atoms with Crippen molar-refractivity contribution in [2.45, 2.75) is 42.6 Å². The van der Waals surface area contributed by atoms with E-state index in [-0.39, 0.29) is 15.5 Å². The average Bonchev–Trinajstić information content (AvgIpc) is 2.21. The van der Waals surface area contributed by atoms with E-state index in [1.165, 1.54) is 0 Å². The first-order valence-electron chi connectivity index (χ1n) is 5.54. The lowest BCUT2D eigenvalue weighted by Gasteiger charge is -2.39. The smallest absolute Gasteiger partial charge is 0.319 e. The van der Waals surface area contributed by atoms with Crippen LogP contribution in [0.15, 0.2) is 0 Å². The molecular weight excluding hydrogens is 305 g/mol. The fourth-order valence-corrected chi connectivity index (χ4v) is 1.98. The first-order chi connectivity index (χ1) is 6.99. The van der Waals surface area contributed by atoms with Crippen LogP contribution >= 0.6 is 22.6 Å². The molecular formula is C11H20INO2. The minimum absolute atomic E-state index is 0.0503. The van der Waals surface area contributed by atoms with Gasteiger partial charge in [0.25, 0.3) is 0 Å². The van der Waals surface area contributed by atoms with E-state index in [2.05, 4.69) is 41.5 Å². The Morgan fingerprint density at radius 2 is 2.07 bits per heavy atom. The number of hydrogen-bond acceptors (Lipinski definition) is 3. The molecule has 1 heterocycles. The highest BCUT2D eigenvalue weighted by Crippen LogP contribution is 2.30. The number of hydrogen-bond donors (Lipinski definition) is 0. The summed E-state index contributed by atoms with van der Waals surface area (Å²) in [6.45, 7) is 6.03. The summed E-state index contributed by atoms with van der Waals surface area (Å²) in [5.41, 5.74) is -0.191. The summed E-state index contributed by atoms with van der Waals surface area (Å²) in [6.07, 6.45) is 2.86. The maximum atomic E-state index is 11.6. The molecule has 0 aromatic heterocycles. The van der Waals surface area contributed by atoms with Crippen LogP contribution < -0.4 is 0 Å². The van der Waals surface area contributed by atoms with Crippen LogP contribution in [-0.4, -0.2) is 40.5 Å². The van der Waals surface area contributed by atoms with Crippen LogP contribution in [0.1, 0.15) is 33.1 Å². The molecule has 4 heteroatoms. The fourth-order valence-electron chi connectivity index (χ4n) is 1.85. The third-order valence-corrected chi connectivity index (χ3v) is 3.69. The lowest BCUT2D eigenvalue weighted by atomic mass is 9.89. The van der Waals surface area contributed by atoms with E-state index in [4.69, 9.17) is 4.74 Å². The van der Waals surface area contributed by atoms with Gasteiger partial charge in [0, 0.05) is 13.1 Å². The van der Waals surface area contributed by atoms with Gasteiger partial charge in [-0.1, -0.05) is 29.5 Å². The summed E-state index contributed by atoms with van der Waals surface area (Å²) in [4.78, 5) is 13.9. The predicted octanol–water partition coefficient (Wildman–Crippen LogP) is 2.23. The van der Waals surface area contributed by atoms with E-state index in [0.29, 0.717) is 0 Å². The van der Waals surface area contributed by atoms with Gasteiger partial charge in [0.15, 0.2) is 0 Å². The third kappa shape index (κ3) is 3.59. The summed E-state index contributed by atoms with van der Waals surface area (Å²) in [6, 6.07) is 0. The SMILES string of the molecule is CCC1(OC(=O)C(C)I)CCN(C)CC1. The van der Waals surface area contributed by atoms with Crippen LogP contribution in [0.25, 0.3) is 0 Å². The largest absolute Gasteiger partial charge is 0.458 e. The molecule has 88 valence electrons. The molecule has 0 bridgehead atoms. The quantitative estimate of drug-likeness (QED) is 0.453. The molecule has 0 aromatic carbocycles. The van der Waals surface area contributed by atoms with Crippen LogP contribution in [-0.2, 0) is 9.53 Å². The Morgan fingerprint density at radius 3 is 2.47 bits per heavy atom. The van der Waals surface area contributed by atoms with Crippen LogP contribution in [0.5, 0.6) is 0 Å². The number of alkyl halides is 1. The average molecular weight is 325 g/mol. The van der Waals surface area contributed by atoms with Crippen LogP contribution in [0.2, 0.25) is 0 Å². The Kier molecular flexibility index (Phi) is 4.83. The number of nitrogens with zero attached hydrogens (tertiary/aromatic N) is 1. The van der Waals surface area contributed by atoms with Crippen molar-refractivity contribution in [2.24, 2.45) is 0 Å². The predicted molar refractivity (Wildman–Crippen MR) is 69.3 cm³/mol. The van der Waals surface area contributed by atoms with Crippen molar-refractivity contribution in [1.29, 1.82) is 0 Å². The Hall–Kier alpha value is 0.160. The fraction of sp³-hybridized carbons (Fsp3) is 0.909. The van der Waals surface area contributed by atoms with Crippen molar-refractivity contribution in [3.05, 3.63) is 0 Å². The summed E-state index contributed by atoms with van der Waals surface area (Å²) in [7, 11) is 2.11. The van der Waals surface area contributed by atoms with Gasteiger partial charge in [-0.2, -0.15) is 0 Å². The topological polar surface area (TPSA) is 29.5 Å². The van der Waals surface area contributed by atoms with E-state index < -0.39 is 0 Å². The molecule has 0 saturated carbocycles. The van der Waals surface area contributed by atoms with Gasteiger partial charge in [-0.15, -0.1) is 0 Å². The summed E-state index contributed by atoms with van der Waals surface area (Å²) >= 11 is 2.11. The number of halogens is 1. The lowest BCUT2D eigenvalue weighted by Crippen LogP contribution is -2.46. The van der Waals surface area contributed by atoms with Gasteiger partial charge in [-0.25, -0.2) is 0 Å². The van der Waals surface area contributed by atoms with E-state index >= 15 is 0 Å². The zero-order chi connectivity index (χ0) is 11.5. The molecule has 1 rings (SSSR count). The van der Waals surface area contributed by atoms with Crippen molar-refractivity contribution in [3.63, 3.8) is 0 Å². The Balaban J connectivity index is 2.57. The molecule has 1 unspecified atom stereocenters. The maximum Gasteiger partial charge on any atom is 0.319 e. The molecule has 0 aromatic rings. The third-order valence-electron chi connectivity index (χ3n) is 3.18. The highest BCUT2D eigenvalue weighted by Gasteiger charge is 2.36. The molecule has 1 atom stereocenters. The second-order valence-corrected chi connectivity index (χ2v) is 6.25. The van der Waals surface area contributed by atoms with Gasteiger partial charge < -0.3 is 9.64 Å². The number of carbonyl (C=O) groups is 1. The Morgan fingerprint density at radius 1 is 1.53 bits per heavy atom. The second-order valence-electron chi connectivity index (χ2n) is 4.38. The first kappa shape index (κ1) is 13.2. The summed E-state index contributed by atoms with van der Waals surface area (Å²) in [5, 5.41) is 0. The molecule has 0 radical (unpaired) electrons. The minimum atomic E-state index is -0.191. The van der Waals surface area contributed by atoms with E-state index in [1.54, 1.807) is 0 Å². The van der Waals surface area contributed by atoms with Gasteiger partial charge in [0.05, 0.1) is 0 Å². The molecule has 0 amide bonds. The van der Waals surface area contributed by atoms with Gasteiger partial charge >= 0.3 is 5.97 Å². The molecule has 3 nitrogen and oxygen atoms in total. The van der Waals surface area contributed by atoms with Crippen LogP contribution in [0.3, 0.4) is 0 Å². The van der Waals surface area contributed by atoms with Crippen LogP contribution in [0, 0.1) is 0 Å². The zero-order valence-corrected chi connectivity index (χ0v) is 11.9. The Labute approximate surface area is 106 Å². The van der Waals surface area contributed by atoms with Gasteiger partial charge in [-0.3, -0.25) is 4.79 Å². The van der Waals surface area contributed by atoms with Crippen molar-refractivity contribution >= 4 is 28.6 Å². The molecule has 15 heavy (non-hydrogen) atoms. The molecule has 0 N–H and O–H groups in total. The molecule has 0 spiro atoms. The monoisotopic (exact) mass is 325 g/mol. The number of carbonyl (C=O) groups excluding carboxylic acids is 1. The standard InChI is InChI=1S/C11H20INO2/c1-4-11(15-10(14)9(2)12)5-7-13(3)8-6-11/h9H,4-8H2,1-3H3. The molecule has 0 aliphatic carbocycles. The number of rotatable bonds is 3. The summed E-state index contributed by atoms with van der Waals surface area (Å²) < 4.78 is 5.61. The highest BCUT2D eigenvalue weighted by atomic mass is 127. The first-order valence-corrected chi connectivity index (χ1v) is 6.79. The van der Waals surface area contributed by atoms with Gasteiger partial charge in [0.2, 0.25) is 0 Å².